The van der Waals surface area contributed by atoms with Crippen LogP contribution >= 0.6 is 23.2 Å². The van der Waals surface area contributed by atoms with E-state index in [0.717, 1.165) is 12.0 Å². The number of nitrogens with zero attached hydrogens (tertiary/aromatic N) is 2. The summed E-state index contributed by atoms with van der Waals surface area (Å²) < 4.78 is 0. The number of hydrogen-bond donors (Lipinski definition) is 1. The van der Waals surface area contributed by atoms with E-state index in [9.17, 15) is 4.79 Å². The minimum Gasteiger partial charge on any atom is -0.344 e. The maximum Gasteiger partial charge on any atom is 0.272 e. The molecule has 1 aromatic carbocycles. The predicted molar refractivity (Wildman–Crippen MR) is 79.0 cm³/mol. The van der Waals surface area contributed by atoms with Gasteiger partial charge in [0.05, 0.1) is 18.4 Å². The lowest BCUT2D eigenvalue weighted by Crippen LogP contribution is -2.29. The SMILES string of the molecule is CCC(NC(=O)c1cncc(Cl)n1)c1ccc(Cl)cc1. The smallest absolute Gasteiger partial charge is 0.272 e. The van der Waals surface area contributed by atoms with Crippen LogP contribution < -0.4 is 5.32 Å². The van der Waals surface area contributed by atoms with E-state index in [1.54, 1.807) is 12.1 Å². The number of rotatable bonds is 4. The van der Waals surface area contributed by atoms with E-state index in [2.05, 4.69) is 15.3 Å². The molecule has 6 heteroatoms. The summed E-state index contributed by atoms with van der Waals surface area (Å²) in [6.07, 6.45) is 3.52. The fraction of sp³-hybridized carbons (Fsp3) is 0.214. The summed E-state index contributed by atoms with van der Waals surface area (Å²) in [5.41, 5.74) is 1.19. The van der Waals surface area contributed by atoms with Crippen molar-refractivity contribution >= 4 is 29.1 Å². The highest BCUT2D eigenvalue weighted by Crippen LogP contribution is 2.19. The molecular formula is C14H13Cl2N3O. The van der Waals surface area contributed by atoms with Crippen LogP contribution in [0.25, 0.3) is 0 Å². The number of amides is 1. The van der Waals surface area contributed by atoms with E-state index in [4.69, 9.17) is 23.2 Å². The Balaban J connectivity index is 2.14. The summed E-state index contributed by atoms with van der Waals surface area (Å²) in [5, 5.41) is 3.76. The largest absolute Gasteiger partial charge is 0.344 e. The zero-order valence-electron chi connectivity index (χ0n) is 10.8. The number of carbonyl (C=O) groups is 1. The molecule has 1 amide bonds. The third kappa shape index (κ3) is 3.68. The van der Waals surface area contributed by atoms with Crippen LogP contribution in [0.3, 0.4) is 0 Å². The maximum atomic E-state index is 12.1. The molecule has 0 aliphatic rings. The molecule has 0 aliphatic carbocycles. The number of benzene rings is 1. The fourth-order valence-electron chi connectivity index (χ4n) is 1.80. The van der Waals surface area contributed by atoms with Crippen LogP contribution in [-0.2, 0) is 0 Å². The minimum atomic E-state index is -0.304. The molecular weight excluding hydrogens is 297 g/mol. The first-order chi connectivity index (χ1) is 9.60. The van der Waals surface area contributed by atoms with E-state index in [1.165, 1.54) is 12.4 Å². The lowest BCUT2D eigenvalue weighted by atomic mass is 10.0. The predicted octanol–water partition coefficient (Wildman–Crippen LogP) is 3.66. The maximum absolute atomic E-state index is 12.1. The zero-order valence-corrected chi connectivity index (χ0v) is 12.3. The van der Waals surface area contributed by atoms with Crippen molar-refractivity contribution in [1.29, 1.82) is 0 Å². The molecule has 0 saturated heterocycles. The van der Waals surface area contributed by atoms with Crippen LogP contribution in [0.15, 0.2) is 36.7 Å². The summed E-state index contributed by atoms with van der Waals surface area (Å²) in [7, 11) is 0. The molecule has 2 rings (SSSR count). The van der Waals surface area contributed by atoms with E-state index in [-0.39, 0.29) is 22.8 Å². The normalized spacial score (nSPS) is 11.9. The molecule has 1 atom stereocenters. The highest BCUT2D eigenvalue weighted by molar-refractivity contribution is 6.30. The Labute approximate surface area is 127 Å². The van der Waals surface area contributed by atoms with Gasteiger partial charge in [0.15, 0.2) is 0 Å². The number of aromatic nitrogens is 2. The quantitative estimate of drug-likeness (QED) is 0.937. The lowest BCUT2D eigenvalue weighted by molar-refractivity contribution is 0.0930. The Morgan fingerprint density at radius 3 is 2.55 bits per heavy atom. The second-order valence-corrected chi connectivity index (χ2v) is 5.04. The fourth-order valence-corrected chi connectivity index (χ4v) is 2.07. The molecule has 0 aliphatic heterocycles. The van der Waals surface area contributed by atoms with Crippen LogP contribution in [0.1, 0.15) is 35.4 Å². The average molecular weight is 310 g/mol. The van der Waals surface area contributed by atoms with Crippen molar-refractivity contribution in [2.45, 2.75) is 19.4 Å². The van der Waals surface area contributed by atoms with Gasteiger partial charge >= 0.3 is 0 Å². The van der Waals surface area contributed by atoms with Gasteiger partial charge in [0.1, 0.15) is 10.8 Å². The van der Waals surface area contributed by atoms with Gasteiger partial charge in [-0.15, -0.1) is 0 Å². The summed E-state index contributed by atoms with van der Waals surface area (Å²) in [6, 6.07) is 7.26. The van der Waals surface area contributed by atoms with Crippen molar-refractivity contribution < 1.29 is 4.79 Å². The molecule has 0 fully saturated rings. The highest BCUT2D eigenvalue weighted by Gasteiger charge is 2.15. The molecule has 104 valence electrons. The van der Waals surface area contributed by atoms with Crippen molar-refractivity contribution in [3.05, 3.63) is 58.1 Å². The molecule has 4 nitrogen and oxygen atoms in total. The van der Waals surface area contributed by atoms with Crippen LogP contribution in [0.2, 0.25) is 10.2 Å². The molecule has 20 heavy (non-hydrogen) atoms. The van der Waals surface area contributed by atoms with Gasteiger partial charge in [-0.1, -0.05) is 42.3 Å². The van der Waals surface area contributed by atoms with Gasteiger partial charge in [0.2, 0.25) is 0 Å². The van der Waals surface area contributed by atoms with Gasteiger partial charge < -0.3 is 5.32 Å². The van der Waals surface area contributed by atoms with Gasteiger partial charge in [-0.3, -0.25) is 9.78 Å². The van der Waals surface area contributed by atoms with Crippen LogP contribution in [-0.4, -0.2) is 15.9 Å². The molecule has 1 N–H and O–H groups in total. The number of carbonyl (C=O) groups excluding carboxylic acids is 1. The van der Waals surface area contributed by atoms with Crippen molar-refractivity contribution in [1.82, 2.24) is 15.3 Å². The standard InChI is InChI=1S/C14H13Cl2N3O/c1-2-11(9-3-5-10(15)6-4-9)19-14(20)12-7-17-8-13(16)18-12/h3-8,11H,2H2,1H3,(H,19,20). The average Bonchev–Trinajstić information content (AvgIpc) is 2.45. The first-order valence-corrected chi connectivity index (χ1v) is 6.89. The lowest BCUT2D eigenvalue weighted by Gasteiger charge is -2.17. The molecule has 1 aromatic heterocycles. The summed E-state index contributed by atoms with van der Waals surface area (Å²) in [4.78, 5) is 19.9. The van der Waals surface area contributed by atoms with Crippen molar-refractivity contribution in [2.75, 3.05) is 0 Å². The number of nitrogens with one attached hydrogen (secondary N) is 1. The molecule has 0 bridgehead atoms. The third-order valence-electron chi connectivity index (χ3n) is 2.82. The second-order valence-electron chi connectivity index (χ2n) is 4.21. The Morgan fingerprint density at radius 2 is 1.95 bits per heavy atom. The Morgan fingerprint density at radius 1 is 1.25 bits per heavy atom. The van der Waals surface area contributed by atoms with E-state index >= 15 is 0 Å². The van der Waals surface area contributed by atoms with E-state index in [1.807, 2.05) is 19.1 Å². The molecule has 2 aromatic rings. The van der Waals surface area contributed by atoms with Gasteiger partial charge in [0, 0.05) is 5.02 Å². The molecule has 1 heterocycles. The molecule has 0 radical (unpaired) electrons. The van der Waals surface area contributed by atoms with Crippen LogP contribution in [0, 0.1) is 0 Å². The number of hydrogen-bond acceptors (Lipinski definition) is 3. The minimum absolute atomic E-state index is 0.111. The molecule has 1 unspecified atom stereocenters. The molecule has 0 saturated carbocycles. The zero-order chi connectivity index (χ0) is 14.5. The van der Waals surface area contributed by atoms with Crippen LogP contribution in [0.5, 0.6) is 0 Å². The summed E-state index contributed by atoms with van der Waals surface area (Å²) in [6.45, 7) is 1.99. The topological polar surface area (TPSA) is 54.9 Å². The van der Waals surface area contributed by atoms with Gasteiger partial charge in [-0.25, -0.2) is 4.98 Å². The number of halogens is 2. The van der Waals surface area contributed by atoms with Crippen molar-refractivity contribution in [3.63, 3.8) is 0 Å². The van der Waals surface area contributed by atoms with Gasteiger partial charge in [-0.05, 0) is 24.1 Å². The summed E-state index contributed by atoms with van der Waals surface area (Å²) in [5.74, 6) is -0.304. The summed E-state index contributed by atoms with van der Waals surface area (Å²) >= 11 is 11.6. The first-order valence-electron chi connectivity index (χ1n) is 6.14. The van der Waals surface area contributed by atoms with Crippen molar-refractivity contribution in [2.24, 2.45) is 0 Å². The van der Waals surface area contributed by atoms with Crippen LogP contribution in [0.4, 0.5) is 0 Å². The Hall–Kier alpha value is -1.65. The first kappa shape index (κ1) is 14.8. The van der Waals surface area contributed by atoms with E-state index < -0.39 is 0 Å². The van der Waals surface area contributed by atoms with Crippen molar-refractivity contribution in [3.8, 4) is 0 Å². The van der Waals surface area contributed by atoms with E-state index in [0.29, 0.717) is 5.02 Å². The second kappa shape index (κ2) is 6.68. The van der Waals surface area contributed by atoms with Gasteiger partial charge in [-0.2, -0.15) is 0 Å². The van der Waals surface area contributed by atoms with Gasteiger partial charge in [0.25, 0.3) is 5.91 Å². The highest BCUT2D eigenvalue weighted by atomic mass is 35.5. The Kier molecular flexibility index (Phi) is 4.93. The Bertz CT molecular complexity index is 602. The third-order valence-corrected chi connectivity index (χ3v) is 3.26. The monoisotopic (exact) mass is 309 g/mol. The molecule has 0 spiro atoms.